The van der Waals surface area contributed by atoms with E-state index in [2.05, 4.69) is 370 Å². The van der Waals surface area contributed by atoms with Gasteiger partial charge in [0, 0.05) is 122 Å². The fourth-order valence-electron chi connectivity index (χ4n) is 20.6. The van der Waals surface area contributed by atoms with Crippen LogP contribution in [0.15, 0.2) is 425 Å². The molecule has 0 fully saturated rings. The number of para-hydroxylation sites is 2. The standard InChI is InChI=1S/2C59H35N5S/c1-4-17-37(18-5-1)57-60-58(38-19-6-2-7-20-38)62-59(61-57)64-49-32-28-36-16-10-11-23-41(36)53(49)54-44-26-13-12-24-42(44)46(35-51(54)64)39-29-31-48-47(34-39)55-50(63(48)40-21-8-3-9-22-40)33-30-45-43-25-14-15-27-52(43)65-56(45)55;1-4-17-37(18-5-1)57-60-58(38-19-6-2-7-20-38)62-59(61-57)64-51-35-47(42-24-12-13-26-44(42)53(51)46-30-28-36-16-10-11-23-41(36)55(46)64)39-29-32-49-48(34-39)54-50(63(49)40-21-8-3-9-22-40)33-31-45-43-25-14-15-27-52(43)65-56(45)54/h2*1-35H. The first-order chi connectivity index (χ1) is 64.5. The van der Waals surface area contributed by atoms with E-state index in [-0.39, 0.29) is 0 Å². The SMILES string of the molecule is c1ccc(-c2nc(-c3ccccc3)nc(-n3c4cc(-c5ccc6c(c5)c5c7sc8ccccc8c7ccc5n6-c5ccccc5)c5ccccc5c4c4ccc5ccccc5c43)n2)cc1.c1ccc(-c2nc(-c3ccccc3)nc(-n3c4ccc5ccccc5c4c4c5ccccc5c(-c5ccc6c(c5)c5c7sc8ccccc8c7ccc5n6-c5ccccc5)cc43)n2)cc1. The molecule has 604 valence electrons. The second-order valence-electron chi connectivity index (χ2n) is 33.5. The minimum absolute atomic E-state index is 0.572. The lowest BCUT2D eigenvalue weighted by molar-refractivity contribution is 0.954. The van der Waals surface area contributed by atoms with Crippen LogP contribution in [0.25, 0.3) is 262 Å². The topological polar surface area (TPSA) is 97.1 Å². The molecule has 0 saturated heterocycles. The van der Waals surface area contributed by atoms with E-state index in [1.54, 1.807) is 0 Å². The van der Waals surface area contributed by atoms with Crippen molar-refractivity contribution in [2.75, 3.05) is 0 Å². The molecular formula is C118H70N10S2. The van der Waals surface area contributed by atoms with Crippen molar-refractivity contribution in [2.45, 2.75) is 0 Å². The smallest absolute Gasteiger partial charge is 0.238 e. The van der Waals surface area contributed by atoms with E-state index in [1.165, 1.54) is 132 Å². The summed E-state index contributed by atoms with van der Waals surface area (Å²) in [6.45, 7) is 0. The minimum atomic E-state index is 0.572. The molecule has 0 amide bonds. The van der Waals surface area contributed by atoms with Crippen LogP contribution < -0.4 is 0 Å². The highest BCUT2D eigenvalue weighted by atomic mass is 32.1. The van der Waals surface area contributed by atoms with Gasteiger partial charge in [-0.05, 0) is 151 Å². The molecule has 130 heavy (non-hydrogen) atoms. The maximum absolute atomic E-state index is 5.35. The summed E-state index contributed by atoms with van der Waals surface area (Å²) in [5, 5.41) is 24.3. The lowest BCUT2D eigenvalue weighted by Crippen LogP contribution is -2.06. The predicted molar refractivity (Wildman–Crippen MR) is 545 cm³/mol. The first kappa shape index (κ1) is 73.5. The lowest BCUT2D eigenvalue weighted by atomic mass is 9.93. The Balaban J connectivity index is 0.000000134. The van der Waals surface area contributed by atoms with Gasteiger partial charge in [-0.3, -0.25) is 9.13 Å². The first-order valence-corrected chi connectivity index (χ1v) is 45.5. The Kier molecular flexibility index (Phi) is 16.6. The van der Waals surface area contributed by atoms with Crippen molar-refractivity contribution >= 4 is 193 Å². The van der Waals surface area contributed by atoms with Gasteiger partial charge in [-0.15, -0.1) is 22.7 Å². The molecule has 12 heteroatoms. The number of thiophene rings is 2. The third-order valence-electron chi connectivity index (χ3n) is 26.3. The summed E-state index contributed by atoms with van der Waals surface area (Å²) in [5.74, 6) is 3.64. The van der Waals surface area contributed by atoms with Crippen molar-refractivity contribution < 1.29 is 0 Å². The van der Waals surface area contributed by atoms with Crippen molar-refractivity contribution in [2.24, 2.45) is 0 Å². The molecule has 0 aliphatic heterocycles. The van der Waals surface area contributed by atoms with Gasteiger partial charge in [0.25, 0.3) is 0 Å². The van der Waals surface area contributed by atoms with Crippen molar-refractivity contribution in [3.05, 3.63) is 425 Å². The largest absolute Gasteiger partial charge is 0.309 e. The Labute approximate surface area is 751 Å². The van der Waals surface area contributed by atoms with Gasteiger partial charge in [-0.1, -0.05) is 334 Å². The number of fused-ring (bicyclic) bond motifs is 28. The highest BCUT2D eigenvalue weighted by molar-refractivity contribution is 7.27. The maximum Gasteiger partial charge on any atom is 0.238 e. The fraction of sp³-hybridized carbons (Fsp3) is 0. The molecule has 8 aromatic heterocycles. The van der Waals surface area contributed by atoms with Crippen LogP contribution >= 0.6 is 22.7 Å². The van der Waals surface area contributed by atoms with Gasteiger partial charge in [-0.2, -0.15) is 19.9 Å². The Hall–Kier alpha value is -16.9. The van der Waals surface area contributed by atoms with Gasteiger partial charge in [0.1, 0.15) is 0 Å². The molecule has 28 rings (SSSR count). The summed E-state index contributed by atoms with van der Waals surface area (Å²) < 4.78 is 14.6. The van der Waals surface area contributed by atoms with E-state index in [0.717, 1.165) is 94.1 Å². The molecule has 0 bridgehead atoms. The van der Waals surface area contributed by atoms with E-state index in [4.69, 9.17) is 29.9 Å². The Morgan fingerprint density at radius 3 is 0.977 bits per heavy atom. The summed E-state index contributed by atoms with van der Waals surface area (Å²) in [5.41, 5.74) is 19.5. The number of hydrogen-bond donors (Lipinski definition) is 0. The average Bonchev–Trinajstić information content (AvgIpc) is 1.55. The van der Waals surface area contributed by atoms with Crippen LogP contribution in [0.1, 0.15) is 0 Å². The predicted octanol–water partition coefficient (Wildman–Crippen LogP) is 31.5. The zero-order valence-electron chi connectivity index (χ0n) is 69.7. The lowest BCUT2D eigenvalue weighted by Gasteiger charge is -2.14. The van der Waals surface area contributed by atoms with Gasteiger partial charge in [-0.25, -0.2) is 9.97 Å². The molecule has 0 radical (unpaired) electrons. The highest BCUT2D eigenvalue weighted by Crippen LogP contribution is 2.51. The minimum Gasteiger partial charge on any atom is -0.309 e. The molecule has 20 aromatic carbocycles. The van der Waals surface area contributed by atoms with Crippen LogP contribution in [0.3, 0.4) is 0 Å². The van der Waals surface area contributed by atoms with E-state index < -0.39 is 0 Å². The fourth-order valence-corrected chi connectivity index (χ4v) is 23.1. The second-order valence-corrected chi connectivity index (χ2v) is 35.6. The van der Waals surface area contributed by atoms with Crippen LogP contribution in [0.5, 0.6) is 0 Å². The second kappa shape index (κ2) is 29.4. The van der Waals surface area contributed by atoms with Gasteiger partial charge in [0.05, 0.1) is 44.1 Å². The molecule has 0 saturated carbocycles. The molecule has 0 aliphatic carbocycles. The van der Waals surface area contributed by atoms with Crippen LogP contribution in [0.4, 0.5) is 0 Å². The number of rotatable bonds is 10. The van der Waals surface area contributed by atoms with Crippen LogP contribution in [-0.4, -0.2) is 48.2 Å². The number of aromatic nitrogens is 10. The molecule has 0 aliphatic rings. The molecule has 28 aromatic rings. The molecular weight excluding hydrogens is 1620 g/mol. The van der Waals surface area contributed by atoms with E-state index in [0.29, 0.717) is 35.2 Å². The number of benzene rings is 20. The number of hydrogen-bond acceptors (Lipinski definition) is 8. The molecule has 10 nitrogen and oxygen atoms in total. The summed E-state index contributed by atoms with van der Waals surface area (Å²) in [6.07, 6.45) is 0. The highest BCUT2D eigenvalue weighted by Gasteiger charge is 2.29. The molecule has 0 atom stereocenters. The molecule has 0 spiro atoms. The Bertz CT molecular complexity index is 9200. The maximum atomic E-state index is 5.35. The van der Waals surface area contributed by atoms with E-state index in [9.17, 15) is 0 Å². The molecule has 0 N–H and O–H groups in total. The van der Waals surface area contributed by atoms with Crippen LogP contribution in [0, 0.1) is 0 Å². The van der Waals surface area contributed by atoms with Crippen molar-refractivity contribution in [1.29, 1.82) is 0 Å². The molecule has 0 unspecified atom stereocenters. The summed E-state index contributed by atoms with van der Waals surface area (Å²) in [6, 6.07) is 152. The van der Waals surface area contributed by atoms with E-state index in [1.807, 2.05) is 95.5 Å². The summed E-state index contributed by atoms with van der Waals surface area (Å²) in [7, 11) is 0. The van der Waals surface area contributed by atoms with Gasteiger partial charge in [0.2, 0.25) is 11.9 Å². The van der Waals surface area contributed by atoms with Crippen molar-refractivity contribution in [1.82, 2.24) is 48.2 Å². The van der Waals surface area contributed by atoms with Crippen LogP contribution in [-0.2, 0) is 0 Å². The van der Waals surface area contributed by atoms with Crippen molar-refractivity contribution in [3.8, 4) is 91.1 Å². The quantitative estimate of drug-likeness (QED) is 0.135. The van der Waals surface area contributed by atoms with E-state index >= 15 is 0 Å². The normalized spacial score (nSPS) is 12.0. The monoisotopic (exact) mass is 1690 g/mol. The molecule has 8 heterocycles. The third kappa shape index (κ3) is 11.4. The first-order valence-electron chi connectivity index (χ1n) is 43.9. The van der Waals surface area contributed by atoms with Gasteiger partial charge in [0.15, 0.2) is 23.3 Å². The average molecular weight is 1690 g/mol. The summed E-state index contributed by atoms with van der Waals surface area (Å²) >= 11 is 3.77. The Morgan fingerprint density at radius 2 is 0.508 bits per heavy atom. The van der Waals surface area contributed by atoms with Crippen LogP contribution in [0.2, 0.25) is 0 Å². The third-order valence-corrected chi connectivity index (χ3v) is 28.7. The zero-order valence-corrected chi connectivity index (χ0v) is 71.3. The van der Waals surface area contributed by atoms with Crippen molar-refractivity contribution in [3.63, 3.8) is 0 Å². The van der Waals surface area contributed by atoms with Gasteiger partial charge >= 0.3 is 0 Å². The Morgan fingerprint density at radius 1 is 0.177 bits per heavy atom. The van der Waals surface area contributed by atoms with Gasteiger partial charge < -0.3 is 9.13 Å². The number of nitrogens with zero attached hydrogens (tertiary/aromatic N) is 10. The zero-order chi connectivity index (χ0) is 85.2. The summed E-state index contributed by atoms with van der Waals surface area (Å²) in [4.78, 5) is 31.5.